The first-order valence-electron chi connectivity index (χ1n) is 12.3. The molecule has 0 spiro atoms. The van der Waals surface area contributed by atoms with E-state index in [9.17, 15) is 18.0 Å². The van der Waals surface area contributed by atoms with Crippen LogP contribution in [0.4, 0.5) is 11.4 Å². The first kappa shape index (κ1) is 26.5. The molecular weight excluding hydrogens is 530 g/mol. The lowest BCUT2D eigenvalue weighted by atomic mass is 10.1. The molecule has 0 aromatic heterocycles. The number of rotatable bonds is 8. The highest BCUT2D eigenvalue weighted by Crippen LogP contribution is 2.39. The maximum atomic E-state index is 12.8. The van der Waals surface area contributed by atoms with Gasteiger partial charge in [0.05, 0.1) is 10.6 Å². The average molecular weight is 558 g/mol. The van der Waals surface area contributed by atoms with Gasteiger partial charge in [-0.15, -0.1) is 11.8 Å². The third-order valence-electron chi connectivity index (χ3n) is 6.31. The monoisotopic (exact) mass is 557 g/mol. The lowest BCUT2D eigenvalue weighted by Crippen LogP contribution is -2.27. The third kappa shape index (κ3) is 6.32. The Morgan fingerprint density at radius 3 is 2.31 bits per heavy atom. The summed E-state index contributed by atoms with van der Waals surface area (Å²) in [5.74, 6) is 0.202. The molecule has 1 unspecified atom stereocenters. The Labute approximate surface area is 232 Å². The van der Waals surface area contributed by atoms with E-state index in [4.69, 9.17) is 0 Å². The molecule has 198 valence electrons. The van der Waals surface area contributed by atoms with Crippen molar-refractivity contribution in [1.29, 1.82) is 0 Å². The molecule has 2 N–H and O–H groups in total. The van der Waals surface area contributed by atoms with Gasteiger partial charge in [-0.3, -0.25) is 14.3 Å². The fourth-order valence-corrected chi connectivity index (χ4v) is 6.56. The molecule has 5 rings (SSSR count). The Morgan fingerprint density at radius 1 is 0.897 bits per heavy atom. The molecule has 2 amide bonds. The zero-order valence-electron chi connectivity index (χ0n) is 21.2. The Kier molecular flexibility index (Phi) is 7.72. The summed E-state index contributed by atoms with van der Waals surface area (Å²) in [6.45, 7) is 2.42. The van der Waals surface area contributed by atoms with E-state index >= 15 is 0 Å². The SMILES string of the molecule is Cc1cccc(NS(=O)(=O)c2ccc(NC(=O)c3ccc(C4SCC(=O)N4Cc4ccccc4)cc3)cc2)c1. The standard InChI is InChI=1S/C30H27N3O4S2/c1-21-6-5-9-26(18-21)32-39(36,37)27-16-14-25(15-17-27)31-29(35)23-10-12-24(13-11-23)30-33(28(34)20-38-30)19-22-7-3-2-4-8-22/h2-18,30,32H,19-20H2,1H3,(H,31,35). The lowest BCUT2D eigenvalue weighted by molar-refractivity contribution is -0.128. The summed E-state index contributed by atoms with van der Waals surface area (Å²) in [5.41, 5.74) is 4.39. The highest BCUT2D eigenvalue weighted by Gasteiger charge is 2.32. The van der Waals surface area contributed by atoms with Gasteiger partial charge in [-0.2, -0.15) is 0 Å². The van der Waals surface area contributed by atoms with Gasteiger partial charge in [0.2, 0.25) is 5.91 Å². The second-order valence-electron chi connectivity index (χ2n) is 9.25. The number of nitrogens with one attached hydrogen (secondary N) is 2. The number of nitrogens with zero attached hydrogens (tertiary/aromatic N) is 1. The number of carbonyl (C=O) groups excluding carboxylic acids is 2. The van der Waals surface area contributed by atoms with Crippen molar-refractivity contribution >= 4 is 45.0 Å². The summed E-state index contributed by atoms with van der Waals surface area (Å²) in [5, 5.41) is 2.69. The Hall–Kier alpha value is -4.08. The van der Waals surface area contributed by atoms with Crippen LogP contribution in [0.25, 0.3) is 0 Å². The highest BCUT2D eigenvalue weighted by atomic mass is 32.2. The zero-order valence-corrected chi connectivity index (χ0v) is 22.8. The second kappa shape index (κ2) is 11.3. The van der Waals surface area contributed by atoms with Crippen molar-refractivity contribution in [2.45, 2.75) is 23.7 Å². The number of hydrogen-bond acceptors (Lipinski definition) is 5. The predicted molar refractivity (Wildman–Crippen MR) is 155 cm³/mol. The fourth-order valence-electron chi connectivity index (χ4n) is 4.32. The molecule has 1 aliphatic heterocycles. The zero-order chi connectivity index (χ0) is 27.4. The van der Waals surface area contributed by atoms with Gasteiger partial charge in [-0.25, -0.2) is 8.42 Å². The molecule has 39 heavy (non-hydrogen) atoms. The largest absolute Gasteiger partial charge is 0.322 e. The minimum absolute atomic E-state index is 0.0926. The quantitative estimate of drug-likeness (QED) is 0.285. The van der Waals surface area contributed by atoms with Crippen molar-refractivity contribution in [2.24, 2.45) is 0 Å². The number of thioether (sulfide) groups is 1. The van der Waals surface area contributed by atoms with Gasteiger partial charge in [0.15, 0.2) is 0 Å². The van der Waals surface area contributed by atoms with Crippen LogP contribution in [0.3, 0.4) is 0 Å². The second-order valence-corrected chi connectivity index (χ2v) is 12.0. The van der Waals surface area contributed by atoms with E-state index in [-0.39, 0.29) is 22.1 Å². The summed E-state index contributed by atoms with van der Waals surface area (Å²) in [7, 11) is -3.76. The molecule has 4 aromatic rings. The Morgan fingerprint density at radius 2 is 1.62 bits per heavy atom. The molecule has 0 aliphatic carbocycles. The van der Waals surface area contributed by atoms with Gasteiger partial charge >= 0.3 is 0 Å². The number of sulfonamides is 1. The normalized spacial score (nSPS) is 15.3. The molecule has 1 heterocycles. The van der Waals surface area contributed by atoms with Crippen molar-refractivity contribution in [1.82, 2.24) is 4.90 Å². The minimum atomic E-state index is -3.76. The van der Waals surface area contributed by atoms with E-state index in [1.807, 2.05) is 60.4 Å². The van der Waals surface area contributed by atoms with E-state index in [1.54, 1.807) is 54.2 Å². The van der Waals surface area contributed by atoms with Gasteiger partial charge in [0, 0.05) is 23.5 Å². The van der Waals surface area contributed by atoms with Crippen LogP contribution in [0.2, 0.25) is 0 Å². The Balaban J connectivity index is 1.23. The maximum absolute atomic E-state index is 12.8. The van der Waals surface area contributed by atoms with Crippen molar-refractivity contribution in [2.75, 3.05) is 15.8 Å². The van der Waals surface area contributed by atoms with E-state index < -0.39 is 10.0 Å². The van der Waals surface area contributed by atoms with Gasteiger partial charge in [-0.05, 0) is 72.1 Å². The fraction of sp³-hybridized carbons (Fsp3) is 0.133. The number of aryl methyl sites for hydroxylation is 1. The molecule has 1 saturated heterocycles. The van der Waals surface area contributed by atoms with Gasteiger partial charge in [-0.1, -0.05) is 54.6 Å². The number of anilines is 2. The van der Waals surface area contributed by atoms with Gasteiger partial charge < -0.3 is 10.2 Å². The molecule has 9 heteroatoms. The van der Waals surface area contributed by atoms with Gasteiger partial charge in [0.25, 0.3) is 15.9 Å². The minimum Gasteiger partial charge on any atom is -0.322 e. The molecule has 0 radical (unpaired) electrons. The molecule has 0 saturated carbocycles. The van der Waals surface area contributed by atoms with Crippen LogP contribution >= 0.6 is 11.8 Å². The average Bonchev–Trinajstić information content (AvgIpc) is 3.29. The van der Waals surface area contributed by atoms with Crippen molar-refractivity contribution in [3.05, 3.63) is 125 Å². The number of amides is 2. The lowest BCUT2D eigenvalue weighted by Gasteiger charge is -2.24. The summed E-state index contributed by atoms with van der Waals surface area (Å²) in [4.78, 5) is 27.3. The van der Waals surface area contributed by atoms with Gasteiger partial charge in [0.1, 0.15) is 5.37 Å². The molecule has 1 aliphatic rings. The van der Waals surface area contributed by atoms with E-state index in [0.717, 1.165) is 16.7 Å². The molecule has 4 aromatic carbocycles. The third-order valence-corrected chi connectivity index (χ3v) is 8.97. The molecular formula is C30H27N3O4S2. The van der Waals surface area contributed by atoms with Crippen LogP contribution in [0, 0.1) is 6.92 Å². The first-order chi connectivity index (χ1) is 18.8. The van der Waals surface area contributed by atoms with Crippen LogP contribution in [-0.4, -0.2) is 30.9 Å². The predicted octanol–water partition coefficient (Wildman–Crippen LogP) is 5.82. The van der Waals surface area contributed by atoms with E-state index in [2.05, 4.69) is 10.0 Å². The molecule has 7 nitrogen and oxygen atoms in total. The van der Waals surface area contributed by atoms with E-state index in [1.165, 1.54) is 12.1 Å². The van der Waals surface area contributed by atoms with Crippen LogP contribution in [0.5, 0.6) is 0 Å². The smallest absolute Gasteiger partial charge is 0.261 e. The van der Waals surface area contributed by atoms with E-state index in [0.29, 0.717) is 29.2 Å². The van der Waals surface area contributed by atoms with Crippen molar-refractivity contribution < 1.29 is 18.0 Å². The summed E-state index contributed by atoms with van der Waals surface area (Å²) in [6.07, 6.45) is 0. The number of carbonyl (C=O) groups is 2. The highest BCUT2D eigenvalue weighted by molar-refractivity contribution is 8.00. The molecule has 1 fully saturated rings. The Bertz CT molecular complexity index is 1590. The van der Waals surface area contributed by atoms with Crippen LogP contribution in [0.15, 0.2) is 108 Å². The molecule has 0 bridgehead atoms. The van der Waals surface area contributed by atoms with Crippen LogP contribution < -0.4 is 10.0 Å². The van der Waals surface area contributed by atoms with Crippen molar-refractivity contribution in [3.63, 3.8) is 0 Å². The first-order valence-corrected chi connectivity index (χ1v) is 14.9. The number of benzene rings is 4. The summed E-state index contributed by atoms with van der Waals surface area (Å²) in [6, 6.07) is 30.2. The topological polar surface area (TPSA) is 95.6 Å². The summed E-state index contributed by atoms with van der Waals surface area (Å²) < 4.78 is 28.0. The van der Waals surface area contributed by atoms with Crippen LogP contribution in [0.1, 0.15) is 32.4 Å². The van der Waals surface area contributed by atoms with Crippen LogP contribution in [-0.2, 0) is 21.4 Å². The molecule has 1 atom stereocenters. The van der Waals surface area contributed by atoms with Crippen molar-refractivity contribution in [3.8, 4) is 0 Å². The maximum Gasteiger partial charge on any atom is 0.261 e. The summed E-state index contributed by atoms with van der Waals surface area (Å²) >= 11 is 1.57. The number of hydrogen-bond donors (Lipinski definition) is 2.